The highest BCUT2D eigenvalue weighted by atomic mass is 14.4. The molecule has 0 aliphatic heterocycles. The molecule has 0 atom stereocenters. The molecule has 0 unspecified atom stereocenters. The van der Waals surface area contributed by atoms with E-state index in [1.807, 2.05) is 84.9 Å². The normalized spacial score (nSPS) is 10.5. The van der Waals surface area contributed by atoms with Gasteiger partial charge in [-0.2, -0.15) is 0 Å². The van der Waals surface area contributed by atoms with Crippen LogP contribution in [0.25, 0.3) is 11.1 Å². The van der Waals surface area contributed by atoms with Crippen molar-refractivity contribution in [3.8, 4) is 60.5 Å². The predicted octanol–water partition coefficient (Wildman–Crippen LogP) is 7.66. The molecule has 0 aliphatic rings. The molecule has 0 saturated carbocycles. The lowest BCUT2D eigenvalue weighted by molar-refractivity contribution is 0.744. The zero-order valence-corrected chi connectivity index (χ0v) is 21.4. The largest absolute Gasteiger partial charge is 0.115 e. The van der Waals surface area contributed by atoms with Crippen molar-refractivity contribution in [2.45, 2.75) is 5.41 Å². The maximum absolute atomic E-state index is 6.35. The van der Waals surface area contributed by atoms with Crippen molar-refractivity contribution in [2.24, 2.45) is 0 Å². The number of terminal acetylenes is 4. The van der Waals surface area contributed by atoms with E-state index < -0.39 is 5.41 Å². The van der Waals surface area contributed by atoms with Gasteiger partial charge in [0.25, 0.3) is 0 Å². The van der Waals surface area contributed by atoms with Crippen LogP contribution in [0.3, 0.4) is 0 Å². The van der Waals surface area contributed by atoms with E-state index in [9.17, 15) is 0 Å². The molecule has 0 radical (unpaired) electrons. The SMILES string of the molecule is C#Cc1c(C#C)c(C#C)c(C(c2ccccc2)(c2ccccc2)c2ccccc2)c(-c2ccccc2)c1C#C. The van der Waals surface area contributed by atoms with E-state index >= 15 is 0 Å². The predicted molar refractivity (Wildman–Crippen MR) is 162 cm³/mol. The molecule has 0 bridgehead atoms. The van der Waals surface area contributed by atoms with Gasteiger partial charge in [-0.05, 0) is 27.8 Å². The quantitative estimate of drug-likeness (QED) is 0.175. The summed E-state index contributed by atoms with van der Waals surface area (Å²) in [7, 11) is 0. The van der Waals surface area contributed by atoms with E-state index in [-0.39, 0.29) is 0 Å². The van der Waals surface area contributed by atoms with Crippen molar-refractivity contribution < 1.29 is 0 Å². The van der Waals surface area contributed by atoms with Crippen LogP contribution in [-0.2, 0) is 5.41 Å². The fourth-order valence-electron chi connectivity index (χ4n) is 5.59. The molecular formula is C39H24. The summed E-state index contributed by atoms with van der Waals surface area (Å²) < 4.78 is 0. The lowest BCUT2D eigenvalue weighted by atomic mass is 9.61. The number of benzene rings is 5. The van der Waals surface area contributed by atoms with Gasteiger partial charge in [-0.1, -0.05) is 145 Å². The summed E-state index contributed by atoms with van der Waals surface area (Å²) in [6, 6.07) is 40.9. The van der Waals surface area contributed by atoms with Gasteiger partial charge in [0.15, 0.2) is 0 Å². The summed E-state index contributed by atoms with van der Waals surface area (Å²) in [4.78, 5) is 0. The van der Waals surface area contributed by atoms with Crippen LogP contribution >= 0.6 is 0 Å². The van der Waals surface area contributed by atoms with Crippen molar-refractivity contribution in [3.63, 3.8) is 0 Å². The Bertz CT molecular complexity index is 1700. The molecule has 0 heterocycles. The summed E-state index contributed by atoms with van der Waals surface area (Å²) in [5, 5.41) is 0. The molecule has 180 valence electrons. The van der Waals surface area contributed by atoms with Crippen molar-refractivity contribution in [1.82, 2.24) is 0 Å². The molecule has 0 saturated heterocycles. The van der Waals surface area contributed by atoms with Gasteiger partial charge in [0.1, 0.15) is 0 Å². The smallest absolute Gasteiger partial charge is 0.0720 e. The van der Waals surface area contributed by atoms with Crippen LogP contribution in [0.4, 0.5) is 0 Å². The Balaban J connectivity index is 2.18. The highest BCUT2D eigenvalue weighted by molar-refractivity contribution is 5.87. The molecular weight excluding hydrogens is 468 g/mol. The van der Waals surface area contributed by atoms with Gasteiger partial charge < -0.3 is 0 Å². The van der Waals surface area contributed by atoms with E-state index in [1.165, 1.54) is 0 Å². The van der Waals surface area contributed by atoms with Gasteiger partial charge in [0, 0.05) is 16.7 Å². The van der Waals surface area contributed by atoms with E-state index in [2.05, 4.69) is 60.1 Å². The van der Waals surface area contributed by atoms with Crippen molar-refractivity contribution in [3.05, 3.63) is 166 Å². The summed E-state index contributed by atoms with van der Waals surface area (Å²) in [5.74, 6) is 11.4. The topological polar surface area (TPSA) is 0 Å². The summed E-state index contributed by atoms with van der Waals surface area (Å²) in [6.07, 6.45) is 24.8. The Morgan fingerprint density at radius 1 is 0.385 bits per heavy atom. The Kier molecular flexibility index (Phi) is 6.90. The first-order chi connectivity index (χ1) is 19.2. The van der Waals surface area contributed by atoms with Gasteiger partial charge in [-0.25, -0.2) is 0 Å². The third-order valence-electron chi connectivity index (χ3n) is 7.14. The zero-order chi connectivity index (χ0) is 27.2. The molecule has 0 aromatic heterocycles. The van der Waals surface area contributed by atoms with Crippen LogP contribution in [-0.4, -0.2) is 0 Å². The van der Waals surface area contributed by atoms with Gasteiger partial charge in [-0.15, -0.1) is 25.7 Å². The molecule has 0 N–H and O–H groups in total. The van der Waals surface area contributed by atoms with Gasteiger partial charge in [0.05, 0.1) is 16.5 Å². The van der Waals surface area contributed by atoms with Crippen molar-refractivity contribution in [1.29, 1.82) is 0 Å². The van der Waals surface area contributed by atoms with Crippen LogP contribution in [0.2, 0.25) is 0 Å². The molecule has 5 aromatic carbocycles. The number of rotatable bonds is 5. The number of hydrogen-bond donors (Lipinski definition) is 0. The Labute approximate surface area is 231 Å². The summed E-state index contributed by atoms with van der Waals surface area (Å²) in [6.45, 7) is 0. The van der Waals surface area contributed by atoms with Gasteiger partial charge in [0.2, 0.25) is 0 Å². The zero-order valence-electron chi connectivity index (χ0n) is 21.4. The molecule has 0 aliphatic carbocycles. The molecule has 0 heteroatoms. The van der Waals surface area contributed by atoms with Crippen LogP contribution in [0.1, 0.15) is 44.5 Å². The summed E-state index contributed by atoms with van der Waals surface area (Å²) >= 11 is 0. The lowest BCUT2D eigenvalue weighted by Gasteiger charge is -2.40. The second-order valence-electron chi connectivity index (χ2n) is 9.04. The molecule has 0 nitrogen and oxygen atoms in total. The molecule has 5 rings (SSSR count). The molecule has 0 amide bonds. The van der Waals surface area contributed by atoms with E-state index in [0.717, 1.165) is 33.4 Å². The highest BCUT2D eigenvalue weighted by Crippen LogP contribution is 2.51. The Morgan fingerprint density at radius 3 is 1.08 bits per heavy atom. The van der Waals surface area contributed by atoms with Crippen LogP contribution < -0.4 is 0 Å². The average molecular weight is 493 g/mol. The van der Waals surface area contributed by atoms with E-state index in [0.29, 0.717) is 22.3 Å². The Hall–Kier alpha value is -5.66. The second kappa shape index (κ2) is 10.8. The molecule has 5 aromatic rings. The summed E-state index contributed by atoms with van der Waals surface area (Å²) in [5.41, 5.74) is 6.76. The van der Waals surface area contributed by atoms with Crippen molar-refractivity contribution >= 4 is 0 Å². The second-order valence-corrected chi connectivity index (χ2v) is 9.04. The average Bonchev–Trinajstić information content (AvgIpc) is 3.02. The third kappa shape index (κ3) is 3.99. The lowest BCUT2D eigenvalue weighted by Crippen LogP contribution is -2.33. The van der Waals surface area contributed by atoms with Crippen LogP contribution in [0, 0.1) is 49.4 Å². The minimum absolute atomic E-state index is 0.454. The minimum Gasteiger partial charge on any atom is -0.115 e. The highest BCUT2D eigenvalue weighted by Gasteiger charge is 2.43. The van der Waals surface area contributed by atoms with E-state index in [1.54, 1.807) is 0 Å². The monoisotopic (exact) mass is 492 g/mol. The molecule has 0 fully saturated rings. The van der Waals surface area contributed by atoms with Gasteiger partial charge >= 0.3 is 0 Å². The maximum Gasteiger partial charge on any atom is 0.0720 e. The van der Waals surface area contributed by atoms with Crippen LogP contribution in [0.5, 0.6) is 0 Å². The first-order valence-electron chi connectivity index (χ1n) is 12.5. The van der Waals surface area contributed by atoms with E-state index in [4.69, 9.17) is 25.7 Å². The first-order valence-corrected chi connectivity index (χ1v) is 12.5. The number of hydrogen-bond acceptors (Lipinski definition) is 0. The molecule has 0 spiro atoms. The first kappa shape index (κ1) is 25.0. The van der Waals surface area contributed by atoms with Crippen molar-refractivity contribution in [2.75, 3.05) is 0 Å². The Morgan fingerprint density at radius 2 is 0.718 bits per heavy atom. The third-order valence-corrected chi connectivity index (χ3v) is 7.14. The fraction of sp³-hybridized carbons (Fsp3) is 0.0256. The van der Waals surface area contributed by atoms with Gasteiger partial charge in [-0.3, -0.25) is 0 Å². The standard InChI is InChI=1S/C39H24/c1-5-33-34(6-2)36(8-4)38(37(35(33)7-3)29-21-13-9-14-22-29)39(30-23-15-10-16-24-30,31-25-17-11-18-26-31)32-27-19-12-20-28-32/h1-4,9-28H. The minimum atomic E-state index is -0.874. The van der Waals surface area contributed by atoms with Crippen LogP contribution in [0.15, 0.2) is 121 Å². The maximum atomic E-state index is 6.35. The molecule has 39 heavy (non-hydrogen) atoms. The fourth-order valence-corrected chi connectivity index (χ4v) is 5.59.